The molecule has 8 heavy (non-hydrogen) atoms. The number of ether oxygens (including phenoxy) is 1. The van der Waals surface area contributed by atoms with Gasteiger partial charge >= 0.3 is 0 Å². The van der Waals surface area contributed by atoms with Crippen LogP contribution in [0.5, 0.6) is 0 Å². The minimum absolute atomic E-state index is 0.664. The van der Waals surface area contributed by atoms with Crippen molar-refractivity contribution in [3.8, 4) is 0 Å². The van der Waals surface area contributed by atoms with Crippen molar-refractivity contribution in [2.24, 2.45) is 5.73 Å². The van der Waals surface area contributed by atoms with E-state index in [0.717, 1.165) is 6.54 Å². The van der Waals surface area contributed by atoms with E-state index in [-0.39, 0.29) is 0 Å². The number of rotatable bonds is 2. The van der Waals surface area contributed by atoms with Gasteiger partial charge in [-0.15, -0.1) is 0 Å². The molecular formula is C5H10N2O. The Labute approximate surface area is 48.7 Å². The zero-order valence-corrected chi connectivity index (χ0v) is 4.71. The van der Waals surface area contributed by atoms with Crippen molar-refractivity contribution in [1.82, 2.24) is 4.90 Å². The molecule has 1 aliphatic rings. The van der Waals surface area contributed by atoms with Crippen LogP contribution in [-0.2, 0) is 4.74 Å². The van der Waals surface area contributed by atoms with Crippen LogP contribution in [0.25, 0.3) is 0 Å². The van der Waals surface area contributed by atoms with Gasteiger partial charge in [0.05, 0.1) is 0 Å². The largest absolute Gasteiger partial charge is 0.479 e. The summed E-state index contributed by atoms with van der Waals surface area (Å²) in [5.74, 6) is 0. The van der Waals surface area contributed by atoms with Gasteiger partial charge in [0.1, 0.15) is 6.26 Å². The summed E-state index contributed by atoms with van der Waals surface area (Å²) in [6.07, 6.45) is 3.57. The molecular weight excluding hydrogens is 104 g/mol. The van der Waals surface area contributed by atoms with E-state index in [1.165, 1.54) is 0 Å². The molecule has 0 saturated carbocycles. The van der Waals surface area contributed by atoms with E-state index in [1.54, 1.807) is 6.26 Å². The van der Waals surface area contributed by atoms with Crippen LogP contribution in [0.3, 0.4) is 0 Å². The Kier molecular flexibility index (Phi) is 1.75. The van der Waals surface area contributed by atoms with Crippen LogP contribution in [0, 0.1) is 0 Å². The maximum atomic E-state index is 5.28. The summed E-state index contributed by atoms with van der Waals surface area (Å²) >= 11 is 0. The summed E-state index contributed by atoms with van der Waals surface area (Å²) < 4.78 is 4.90. The molecule has 1 heterocycles. The van der Waals surface area contributed by atoms with Crippen LogP contribution < -0.4 is 5.73 Å². The Morgan fingerprint density at radius 3 is 3.12 bits per heavy atom. The Bertz CT molecular complexity index is 92.4. The summed E-state index contributed by atoms with van der Waals surface area (Å²) in [5, 5.41) is 0. The van der Waals surface area contributed by atoms with Gasteiger partial charge < -0.3 is 15.4 Å². The van der Waals surface area contributed by atoms with Gasteiger partial charge in [-0.05, 0) is 0 Å². The van der Waals surface area contributed by atoms with Crippen molar-refractivity contribution in [2.75, 3.05) is 19.8 Å². The van der Waals surface area contributed by atoms with Gasteiger partial charge in [-0.25, -0.2) is 0 Å². The second-order valence-corrected chi connectivity index (χ2v) is 1.68. The zero-order chi connectivity index (χ0) is 5.82. The highest BCUT2D eigenvalue weighted by molar-refractivity contribution is 4.79. The molecule has 0 unspecified atom stereocenters. The van der Waals surface area contributed by atoms with Gasteiger partial charge in [0.25, 0.3) is 0 Å². The van der Waals surface area contributed by atoms with E-state index < -0.39 is 0 Å². The molecule has 0 bridgehead atoms. The molecule has 0 aromatic rings. The highest BCUT2D eigenvalue weighted by Gasteiger charge is 2.00. The molecule has 0 atom stereocenters. The third-order valence-corrected chi connectivity index (χ3v) is 1.02. The Morgan fingerprint density at radius 1 is 1.75 bits per heavy atom. The quantitative estimate of drug-likeness (QED) is 0.536. The van der Waals surface area contributed by atoms with Crippen LogP contribution in [-0.4, -0.2) is 24.7 Å². The Balaban J connectivity index is 2.16. The monoisotopic (exact) mass is 114 g/mol. The van der Waals surface area contributed by atoms with Crippen LogP contribution >= 0.6 is 0 Å². The van der Waals surface area contributed by atoms with E-state index in [0.29, 0.717) is 13.3 Å². The first kappa shape index (κ1) is 5.44. The molecule has 0 aromatic carbocycles. The minimum Gasteiger partial charge on any atom is -0.479 e. The van der Waals surface area contributed by atoms with Gasteiger partial charge in [0.2, 0.25) is 0 Å². The number of nitrogens with two attached hydrogens (primary N) is 1. The maximum Gasteiger partial charge on any atom is 0.160 e. The van der Waals surface area contributed by atoms with Gasteiger partial charge in [0.15, 0.2) is 6.73 Å². The molecule has 46 valence electrons. The molecule has 3 nitrogen and oxygen atoms in total. The normalized spacial score (nSPS) is 16.9. The predicted octanol–water partition coefficient (Wildman–Crippen LogP) is -0.294. The van der Waals surface area contributed by atoms with Crippen LogP contribution in [0.4, 0.5) is 0 Å². The van der Waals surface area contributed by atoms with E-state index in [4.69, 9.17) is 10.5 Å². The van der Waals surface area contributed by atoms with E-state index in [2.05, 4.69) is 0 Å². The molecule has 0 radical (unpaired) electrons. The topological polar surface area (TPSA) is 38.5 Å². The smallest absolute Gasteiger partial charge is 0.160 e. The maximum absolute atomic E-state index is 5.28. The lowest BCUT2D eigenvalue weighted by Gasteiger charge is -2.10. The summed E-state index contributed by atoms with van der Waals surface area (Å²) in [5.41, 5.74) is 5.28. The predicted molar refractivity (Wildman–Crippen MR) is 30.9 cm³/mol. The van der Waals surface area contributed by atoms with Gasteiger partial charge in [-0.1, -0.05) is 0 Å². The lowest BCUT2D eigenvalue weighted by molar-refractivity contribution is 0.174. The first-order valence-electron chi connectivity index (χ1n) is 2.66. The molecule has 0 saturated heterocycles. The lowest BCUT2D eigenvalue weighted by Crippen LogP contribution is -2.22. The lowest BCUT2D eigenvalue weighted by atomic mass is 10.6. The first-order chi connectivity index (χ1) is 3.93. The number of hydrogen-bond acceptors (Lipinski definition) is 3. The molecule has 0 aliphatic carbocycles. The van der Waals surface area contributed by atoms with Crippen LogP contribution in [0.15, 0.2) is 12.5 Å². The Morgan fingerprint density at radius 2 is 2.62 bits per heavy atom. The molecule has 1 rings (SSSR count). The standard InChI is InChI=1S/C5H10N2O/c6-1-2-7-3-4-8-5-7/h3-4H,1-2,5-6H2. The molecule has 1 aliphatic heterocycles. The molecule has 0 amide bonds. The molecule has 0 aromatic heterocycles. The Hall–Kier alpha value is -0.700. The number of hydrogen-bond donors (Lipinski definition) is 1. The molecule has 3 heteroatoms. The zero-order valence-electron chi connectivity index (χ0n) is 4.71. The first-order valence-corrected chi connectivity index (χ1v) is 2.66. The summed E-state index contributed by atoms with van der Waals surface area (Å²) in [6, 6.07) is 0. The van der Waals surface area contributed by atoms with Crippen molar-refractivity contribution in [1.29, 1.82) is 0 Å². The van der Waals surface area contributed by atoms with Gasteiger partial charge in [0, 0.05) is 19.3 Å². The number of nitrogens with zero attached hydrogens (tertiary/aromatic N) is 1. The van der Waals surface area contributed by atoms with Crippen molar-refractivity contribution in [3.05, 3.63) is 12.5 Å². The fourth-order valence-corrected chi connectivity index (χ4v) is 0.616. The van der Waals surface area contributed by atoms with Crippen molar-refractivity contribution in [2.45, 2.75) is 0 Å². The third-order valence-electron chi connectivity index (χ3n) is 1.02. The average molecular weight is 114 g/mol. The summed E-state index contributed by atoms with van der Waals surface area (Å²) in [4.78, 5) is 2.01. The molecule has 2 N–H and O–H groups in total. The summed E-state index contributed by atoms with van der Waals surface area (Å²) in [6.45, 7) is 2.24. The SMILES string of the molecule is NCCN1C=COC1. The van der Waals surface area contributed by atoms with Crippen molar-refractivity contribution >= 4 is 0 Å². The van der Waals surface area contributed by atoms with Crippen LogP contribution in [0.2, 0.25) is 0 Å². The van der Waals surface area contributed by atoms with Crippen LogP contribution in [0.1, 0.15) is 0 Å². The second kappa shape index (κ2) is 2.57. The average Bonchev–Trinajstić information content (AvgIpc) is 2.19. The van der Waals surface area contributed by atoms with E-state index >= 15 is 0 Å². The van der Waals surface area contributed by atoms with E-state index in [9.17, 15) is 0 Å². The van der Waals surface area contributed by atoms with Gasteiger partial charge in [-0.2, -0.15) is 0 Å². The van der Waals surface area contributed by atoms with Gasteiger partial charge in [-0.3, -0.25) is 0 Å². The molecule has 0 spiro atoms. The highest BCUT2D eigenvalue weighted by Crippen LogP contribution is 1.97. The third kappa shape index (κ3) is 1.13. The fourth-order valence-electron chi connectivity index (χ4n) is 0.616. The molecule has 0 fully saturated rings. The highest BCUT2D eigenvalue weighted by atomic mass is 16.5. The minimum atomic E-state index is 0.664. The second-order valence-electron chi connectivity index (χ2n) is 1.68. The van der Waals surface area contributed by atoms with Crippen molar-refractivity contribution in [3.63, 3.8) is 0 Å². The summed E-state index contributed by atoms with van der Waals surface area (Å²) in [7, 11) is 0. The van der Waals surface area contributed by atoms with Crippen molar-refractivity contribution < 1.29 is 4.74 Å². The van der Waals surface area contributed by atoms with E-state index in [1.807, 2.05) is 11.1 Å². The fraction of sp³-hybridized carbons (Fsp3) is 0.600.